The number of hydrogen-bond acceptors (Lipinski definition) is 11. The summed E-state index contributed by atoms with van der Waals surface area (Å²) in [6.07, 6.45) is 21.5. The largest absolute Gasteiger partial charge is 0.490 e. The van der Waals surface area contributed by atoms with Crippen LogP contribution in [-0.2, 0) is 38.2 Å². The summed E-state index contributed by atoms with van der Waals surface area (Å²) in [5.41, 5.74) is -2.39. The minimum atomic E-state index is -3.01. The van der Waals surface area contributed by atoms with E-state index in [1.807, 2.05) is 0 Å². The normalized spacial score (nSPS) is 13.4. The van der Waals surface area contributed by atoms with Gasteiger partial charge in [-0.2, -0.15) is 0 Å². The number of aliphatic hydroxyl groups excluding tert-OH is 1. The first-order valence-corrected chi connectivity index (χ1v) is 21.1. The number of carbonyl (C=O) groups excluding carboxylic acids is 3. The predicted molar refractivity (Wildman–Crippen MR) is 217 cm³/mol. The van der Waals surface area contributed by atoms with E-state index in [2.05, 4.69) is 18.6 Å². The van der Waals surface area contributed by atoms with Crippen LogP contribution in [0, 0.1) is 0 Å². The topological polar surface area (TPSA) is 192 Å². The van der Waals surface area contributed by atoms with Gasteiger partial charge in [-0.05, 0) is 36.6 Å². The molecule has 0 aromatic heterocycles. The van der Waals surface area contributed by atoms with Gasteiger partial charge >= 0.3 is 29.8 Å². The van der Waals surface area contributed by atoms with Crippen molar-refractivity contribution < 1.29 is 63.0 Å². The molecule has 1 aromatic rings. The highest BCUT2D eigenvalue weighted by atomic mass is 16.6. The number of carboxylic acid groups (broad SMARTS) is 2. The fourth-order valence-corrected chi connectivity index (χ4v) is 6.42. The Balaban J connectivity index is 2.85. The fraction of sp³-hybridized carbons (Fsp3) is 0.705. The van der Waals surface area contributed by atoms with Crippen molar-refractivity contribution in [2.75, 3.05) is 19.8 Å². The number of aliphatic hydroxyl groups is 1. The van der Waals surface area contributed by atoms with Crippen LogP contribution in [-0.4, -0.2) is 82.8 Å². The molecule has 0 amide bonds. The van der Waals surface area contributed by atoms with E-state index in [1.54, 1.807) is 18.2 Å². The molecule has 0 saturated heterocycles. The van der Waals surface area contributed by atoms with Gasteiger partial charge in [0.25, 0.3) is 5.60 Å². The lowest BCUT2D eigenvalue weighted by atomic mass is 9.89. The maximum atomic E-state index is 12.6. The van der Waals surface area contributed by atoms with Crippen molar-refractivity contribution in [3.05, 3.63) is 29.8 Å². The molecule has 13 heteroatoms. The molecule has 3 unspecified atom stereocenters. The minimum Gasteiger partial charge on any atom is -0.490 e. The zero-order valence-corrected chi connectivity index (χ0v) is 34.9. The second-order valence-electron chi connectivity index (χ2n) is 14.7. The van der Waals surface area contributed by atoms with Gasteiger partial charge < -0.3 is 39.0 Å². The van der Waals surface area contributed by atoms with Crippen LogP contribution in [0.4, 0.5) is 0 Å². The van der Waals surface area contributed by atoms with Gasteiger partial charge in [-0.15, -0.1) is 0 Å². The lowest BCUT2D eigenvalue weighted by molar-refractivity contribution is -0.209. The molecule has 0 spiro atoms. The Labute approximate surface area is 339 Å². The lowest BCUT2D eigenvalue weighted by Gasteiger charge is -2.34. The number of esters is 3. The van der Waals surface area contributed by atoms with E-state index in [0.29, 0.717) is 30.3 Å². The summed E-state index contributed by atoms with van der Waals surface area (Å²) in [4.78, 5) is 60.0. The third-order valence-corrected chi connectivity index (χ3v) is 9.47. The van der Waals surface area contributed by atoms with Crippen molar-refractivity contribution in [1.29, 1.82) is 0 Å². The number of aliphatic carboxylic acids is 2. The van der Waals surface area contributed by atoms with E-state index in [-0.39, 0.29) is 0 Å². The molecule has 57 heavy (non-hydrogen) atoms. The van der Waals surface area contributed by atoms with E-state index in [1.165, 1.54) is 102 Å². The molecule has 0 fully saturated rings. The van der Waals surface area contributed by atoms with Crippen LogP contribution in [0.15, 0.2) is 24.3 Å². The zero-order valence-electron chi connectivity index (χ0n) is 34.9. The molecule has 1 aromatic carbocycles. The molecule has 0 saturated carbocycles. The average molecular weight is 807 g/mol. The Morgan fingerprint density at radius 1 is 0.667 bits per heavy atom. The third-order valence-electron chi connectivity index (χ3n) is 9.47. The van der Waals surface area contributed by atoms with Gasteiger partial charge in [-0.3, -0.25) is 9.59 Å². The molecule has 0 aliphatic heterocycles. The molecule has 324 valence electrons. The highest BCUT2D eigenvalue weighted by Crippen LogP contribution is 2.30. The van der Waals surface area contributed by atoms with Crippen molar-refractivity contribution in [2.24, 2.45) is 0 Å². The smallest absolute Gasteiger partial charge is 0.352 e. The van der Waals surface area contributed by atoms with Gasteiger partial charge in [-0.25, -0.2) is 14.4 Å². The van der Waals surface area contributed by atoms with Crippen molar-refractivity contribution in [1.82, 2.24) is 0 Å². The second kappa shape index (κ2) is 30.9. The molecular formula is C44H70O13. The van der Waals surface area contributed by atoms with E-state index >= 15 is 0 Å². The van der Waals surface area contributed by atoms with Crippen LogP contribution in [0.3, 0.4) is 0 Å². The van der Waals surface area contributed by atoms with Gasteiger partial charge in [0.05, 0.1) is 19.3 Å². The van der Waals surface area contributed by atoms with E-state index < -0.39 is 60.7 Å². The first-order chi connectivity index (χ1) is 27.4. The van der Waals surface area contributed by atoms with Crippen molar-refractivity contribution in [2.45, 2.75) is 180 Å². The molecule has 0 radical (unpaired) electrons. The molecule has 13 nitrogen and oxygen atoms in total. The molecule has 1 rings (SSSR count). The summed E-state index contributed by atoms with van der Waals surface area (Å²) in [7, 11) is 0. The predicted octanol–water partition coefficient (Wildman–Crippen LogP) is 9.00. The molecule has 0 heterocycles. The summed E-state index contributed by atoms with van der Waals surface area (Å²) >= 11 is 0. The summed E-state index contributed by atoms with van der Waals surface area (Å²) < 4.78 is 26.9. The van der Waals surface area contributed by atoms with Crippen molar-refractivity contribution >= 4 is 35.9 Å². The Hall–Kier alpha value is -4.13. The minimum absolute atomic E-state index is 0.517. The lowest BCUT2D eigenvalue weighted by Crippen LogP contribution is -2.59. The Bertz CT molecular complexity index is 1340. The number of rotatable bonds is 35. The fourth-order valence-electron chi connectivity index (χ4n) is 6.42. The van der Waals surface area contributed by atoms with Crippen LogP contribution in [0.5, 0.6) is 11.5 Å². The van der Waals surface area contributed by atoms with Crippen LogP contribution in [0.25, 0.3) is 6.08 Å². The molecule has 0 bridgehead atoms. The number of hydrogen-bond donors (Lipinski definition) is 3. The van der Waals surface area contributed by atoms with Gasteiger partial charge in [-0.1, -0.05) is 135 Å². The highest BCUT2D eigenvalue weighted by molar-refractivity contribution is 5.91. The van der Waals surface area contributed by atoms with Crippen molar-refractivity contribution in [3.8, 4) is 11.5 Å². The summed E-state index contributed by atoms with van der Waals surface area (Å²) in [6.45, 7) is 6.41. The number of carbonyl (C=O) groups is 5. The Kier molecular flexibility index (Phi) is 27.6. The second-order valence-corrected chi connectivity index (χ2v) is 14.7. The zero-order chi connectivity index (χ0) is 42.3. The first-order valence-electron chi connectivity index (χ1n) is 21.1. The SMILES string of the molecule is CCCCCCCCCCCCOc1ccc(C=CC(=O)OCC(O)CC(OC(C)=O)(C(=O)O)C(OC(C)=O)C(=O)O)cc1OCCCCCCCCCCCC. The van der Waals surface area contributed by atoms with Crippen LogP contribution >= 0.6 is 0 Å². The Morgan fingerprint density at radius 3 is 1.58 bits per heavy atom. The average Bonchev–Trinajstić information content (AvgIpc) is 3.16. The standard InChI is InChI=1S/C44H70O13/c1-5-7-9-11-13-15-17-19-21-23-29-53-38-27-25-36(31-39(38)54-30-24-22-20-18-16-14-12-10-8-6-2)26-28-40(48)55-33-37(47)32-44(43(51)52,57-35(4)46)41(42(49)50)56-34(3)45/h25-28,31,37,41,47H,5-24,29-30,32-33H2,1-4H3,(H,49,50)(H,51,52). The highest BCUT2D eigenvalue weighted by Gasteiger charge is 2.57. The number of unbranched alkanes of at least 4 members (excludes halogenated alkanes) is 18. The van der Waals surface area contributed by atoms with Gasteiger partial charge in [0.1, 0.15) is 6.61 Å². The van der Waals surface area contributed by atoms with Crippen molar-refractivity contribution in [3.63, 3.8) is 0 Å². The maximum Gasteiger partial charge on any atom is 0.352 e. The third kappa shape index (κ3) is 23.0. The number of carboxylic acids is 2. The maximum absolute atomic E-state index is 12.6. The summed E-state index contributed by atoms with van der Waals surface area (Å²) in [5, 5.41) is 30.0. The summed E-state index contributed by atoms with van der Waals surface area (Å²) in [6, 6.07) is 5.33. The molecule has 0 aliphatic rings. The van der Waals surface area contributed by atoms with Crippen LogP contribution in [0.1, 0.15) is 168 Å². The van der Waals surface area contributed by atoms with E-state index in [9.17, 15) is 39.3 Å². The number of ether oxygens (including phenoxy) is 5. The van der Waals surface area contributed by atoms with Crippen LogP contribution < -0.4 is 9.47 Å². The van der Waals surface area contributed by atoms with Gasteiger partial charge in [0.2, 0.25) is 6.10 Å². The van der Waals surface area contributed by atoms with Crippen LogP contribution in [0.2, 0.25) is 0 Å². The molecular weight excluding hydrogens is 736 g/mol. The van der Waals surface area contributed by atoms with Gasteiger partial charge in [0, 0.05) is 26.3 Å². The number of benzene rings is 1. The molecule has 3 N–H and O–H groups in total. The monoisotopic (exact) mass is 806 g/mol. The Morgan fingerprint density at radius 2 is 1.14 bits per heavy atom. The van der Waals surface area contributed by atoms with Gasteiger partial charge in [0.15, 0.2) is 11.5 Å². The summed E-state index contributed by atoms with van der Waals surface area (Å²) in [5.74, 6) is -6.01. The first kappa shape index (κ1) is 50.9. The molecule has 3 atom stereocenters. The quantitative estimate of drug-likeness (QED) is 0.0255. The van der Waals surface area contributed by atoms with E-state index in [4.69, 9.17) is 18.9 Å². The van der Waals surface area contributed by atoms with E-state index in [0.717, 1.165) is 52.0 Å². The molecule has 0 aliphatic carbocycles.